The lowest BCUT2D eigenvalue weighted by atomic mass is 9.98. The molecule has 1 fully saturated rings. The zero-order valence-electron chi connectivity index (χ0n) is 16.8. The summed E-state index contributed by atoms with van der Waals surface area (Å²) in [6, 6.07) is 10.0. The van der Waals surface area contributed by atoms with E-state index in [0.717, 1.165) is 11.3 Å². The summed E-state index contributed by atoms with van der Waals surface area (Å²) in [5, 5.41) is 7.83. The van der Waals surface area contributed by atoms with Gasteiger partial charge in [0.15, 0.2) is 0 Å². The molecule has 2 aromatic rings. The number of para-hydroxylation sites is 1. The van der Waals surface area contributed by atoms with Crippen LogP contribution in [-0.4, -0.2) is 43.2 Å². The summed E-state index contributed by atoms with van der Waals surface area (Å²) < 4.78 is 22.8. The monoisotopic (exact) mass is 462 g/mol. The number of thiophene rings is 1. The highest BCUT2D eigenvalue weighted by Gasteiger charge is 2.52. The van der Waals surface area contributed by atoms with Crippen LogP contribution in [-0.2, 0) is 26.2 Å². The van der Waals surface area contributed by atoms with Crippen molar-refractivity contribution in [2.75, 3.05) is 11.4 Å². The number of hydrogen-bond donors (Lipinski definition) is 2. The summed E-state index contributed by atoms with van der Waals surface area (Å²) in [6.07, 6.45) is 0.892. The first-order valence-electron chi connectivity index (χ1n) is 9.73. The maximum Gasteiger partial charge on any atom is 0.257 e. The number of fused-ring (bicyclic) bond motifs is 3. The van der Waals surface area contributed by atoms with Gasteiger partial charge in [0.05, 0.1) is 17.8 Å². The lowest BCUT2D eigenvalue weighted by Crippen LogP contribution is -2.62. The summed E-state index contributed by atoms with van der Waals surface area (Å²) in [4.78, 5) is 42.0. The van der Waals surface area contributed by atoms with E-state index in [2.05, 4.69) is 5.32 Å². The zero-order chi connectivity index (χ0) is 22.4. The van der Waals surface area contributed by atoms with Crippen molar-refractivity contribution in [3.8, 4) is 0 Å². The van der Waals surface area contributed by atoms with Crippen molar-refractivity contribution in [1.82, 2.24) is 10.2 Å². The highest BCUT2D eigenvalue weighted by atomic mass is 32.2. The van der Waals surface area contributed by atoms with Crippen LogP contribution in [0, 0.1) is 0 Å². The van der Waals surface area contributed by atoms with Crippen molar-refractivity contribution in [3.63, 3.8) is 0 Å². The second-order valence-corrected chi connectivity index (χ2v) is 10.7. The fourth-order valence-corrected chi connectivity index (χ4v) is 5.85. The predicted molar refractivity (Wildman–Crippen MR) is 115 cm³/mol. The molecule has 0 saturated carbocycles. The van der Waals surface area contributed by atoms with Crippen LogP contribution in [0.15, 0.2) is 40.6 Å². The maximum atomic E-state index is 13.1. The number of nitrogens with two attached hydrogens (primary N) is 1. The number of carbonyl (C=O) groups is 3. The molecular formula is C20H22N4O5S2. The van der Waals surface area contributed by atoms with Gasteiger partial charge in [-0.3, -0.25) is 19.3 Å². The molecule has 3 N–H and O–H groups in total. The Balaban J connectivity index is 1.44. The molecule has 2 aliphatic rings. The third-order valence-electron chi connectivity index (χ3n) is 5.69. The Labute approximate surface area is 183 Å². The van der Waals surface area contributed by atoms with Gasteiger partial charge in [0.2, 0.25) is 21.8 Å². The molecule has 0 radical (unpaired) electrons. The summed E-state index contributed by atoms with van der Waals surface area (Å²) in [5.74, 6) is -0.523. The van der Waals surface area contributed by atoms with Gasteiger partial charge in [-0.2, -0.15) is 0 Å². The van der Waals surface area contributed by atoms with E-state index in [9.17, 15) is 22.8 Å². The van der Waals surface area contributed by atoms with Crippen molar-refractivity contribution in [2.24, 2.45) is 5.14 Å². The molecule has 1 atom stereocenters. The Kier molecular flexibility index (Phi) is 5.36. The van der Waals surface area contributed by atoms with E-state index < -0.39 is 15.7 Å². The van der Waals surface area contributed by atoms with E-state index in [1.165, 1.54) is 6.07 Å². The molecule has 1 aromatic heterocycles. The standard InChI is InChI=1S/C20H22N4O5S2/c1-20-10-8-17(26)24(20)15-5-3-2-4-14(15)19(27)23(20)11-9-16(25)22-12-13-6-7-18(30-13)31(21,28)29/h2-7H,8-12H2,1H3,(H,22,25)(H2,21,28,29). The van der Waals surface area contributed by atoms with Gasteiger partial charge in [-0.1, -0.05) is 12.1 Å². The van der Waals surface area contributed by atoms with Gasteiger partial charge in [0.25, 0.3) is 5.91 Å². The van der Waals surface area contributed by atoms with Crippen LogP contribution in [0.25, 0.3) is 0 Å². The number of nitrogens with zero attached hydrogens (tertiary/aromatic N) is 2. The molecule has 1 unspecified atom stereocenters. The number of anilines is 1. The minimum Gasteiger partial charge on any atom is -0.351 e. The normalized spacial score (nSPS) is 20.6. The SMILES string of the molecule is CC12CCC(=O)N1c1ccccc1C(=O)N2CCC(=O)NCc1ccc(S(N)(=O)=O)s1. The molecular weight excluding hydrogens is 440 g/mol. The molecule has 0 aliphatic carbocycles. The first-order valence-corrected chi connectivity index (χ1v) is 12.1. The minimum absolute atomic E-state index is 0.0354. The number of nitrogens with one attached hydrogen (secondary N) is 1. The molecule has 4 rings (SSSR count). The molecule has 9 nitrogen and oxygen atoms in total. The van der Waals surface area contributed by atoms with Gasteiger partial charge in [-0.25, -0.2) is 13.6 Å². The van der Waals surface area contributed by atoms with Crippen molar-refractivity contribution in [3.05, 3.63) is 46.8 Å². The van der Waals surface area contributed by atoms with Gasteiger partial charge >= 0.3 is 0 Å². The van der Waals surface area contributed by atoms with E-state index in [1.54, 1.807) is 40.1 Å². The summed E-state index contributed by atoms with van der Waals surface area (Å²) in [6.45, 7) is 2.17. The first kappa shape index (κ1) is 21.5. The summed E-state index contributed by atoms with van der Waals surface area (Å²) in [5.41, 5.74) is 0.257. The van der Waals surface area contributed by atoms with Crippen LogP contribution < -0.4 is 15.4 Å². The summed E-state index contributed by atoms with van der Waals surface area (Å²) >= 11 is 0.996. The minimum atomic E-state index is -3.77. The third-order valence-corrected chi connectivity index (χ3v) is 8.21. The lowest BCUT2D eigenvalue weighted by Gasteiger charge is -2.48. The van der Waals surface area contributed by atoms with Crippen LogP contribution >= 0.6 is 11.3 Å². The Hall–Kier alpha value is -2.76. The van der Waals surface area contributed by atoms with Gasteiger partial charge in [0.1, 0.15) is 9.87 Å². The second kappa shape index (κ2) is 7.74. The van der Waals surface area contributed by atoms with E-state index >= 15 is 0 Å². The second-order valence-electron chi connectivity index (χ2n) is 7.71. The number of primary sulfonamides is 1. The quantitative estimate of drug-likeness (QED) is 0.670. The van der Waals surface area contributed by atoms with E-state index in [4.69, 9.17) is 5.14 Å². The molecule has 1 saturated heterocycles. The van der Waals surface area contributed by atoms with Crippen molar-refractivity contribution < 1.29 is 22.8 Å². The molecule has 164 valence electrons. The third kappa shape index (κ3) is 3.84. The molecule has 11 heteroatoms. The number of carbonyl (C=O) groups excluding carboxylic acids is 3. The molecule has 2 aliphatic heterocycles. The average Bonchev–Trinajstić information content (AvgIpc) is 3.31. The largest absolute Gasteiger partial charge is 0.351 e. The van der Waals surface area contributed by atoms with E-state index in [1.807, 2.05) is 6.92 Å². The van der Waals surface area contributed by atoms with Crippen LogP contribution in [0.2, 0.25) is 0 Å². The van der Waals surface area contributed by atoms with Crippen molar-refractivity contribution >= 4 is 44.8 Å². The van der Waals surface area contributed by atoms with Gasteiger partial charge in [-0.15, -0.1) is 11.3 Å². The van der Waals surface area contributed by atoms with Crippen LogP contribution in [0.1, 0.15) is 41.4 Å². The Morgan fingerprint density at radius 2 is 1.97 bits per heavy atom. The zero-order valence-corrected chi connectivity index (χ0v) is 18.5. The fraction of sp³-hybridized carbons (Fsp3) is 0.350. The Morgan fingerprint density at radius 3 is 2.68 bits per heavy atom. The van der Waals surface area contributed by atoms with Crippen molar-refractivity contribution in [2.45, 2.75) is 42.6 Å². The number of hydrogen-bond acceptors (Lipinski definition) is 6. The van der Waals surface area contributed by atoms with Crippen molar-refractivity contribution in [1.29, 1.82) is 0 Å². The molecule has 3 heterocycles. The number of rotatable bonds is 6. The number of benzene rings is 1. The fourth-order valence-electron chi connectivity index (χ4n) is 4.14. The molecule has 3 amide bonds. The molecule has 1 aromatic carbocycles. The highest BCUT2D eigenvalue weighted by Crippen LogP contribution is 2.43. The van der Waals surface area contributed by atoms with Gasteiger partial charge < -0.3 is 10.2 Å². The Morgan fingerprint density at radius 1 is 1.23 bits per heavy atom. The highest BCUT2D eigenvalue weighted by molar-refractivity contribution is 7.91. The van der Waals surface area contributed by atoms with Gasteiger partial charge in [0, 0.05) is 24.3 Å². The van der Waals surface area contributed by atoms with Crippen LogP contribution in [0.3, 0.4) is 0 Å². The maximum absolute atomic E-state index is 13.1. The van der Waals surface area contributed by atoms with Crippen LogP contribution in [0.5, 0.6) is 0 Å². The topological polar surface area (TPSA) is 130 Å². The lowest BCUT2D eigenvalue weighted by molar-refractivity contribution is -0.121. The predicted octanol–water partition coefficient (Wildman–Crippen LogP) is 1.40. The molecule has 0 bridgehead atoms. The first-order chi connectivity index (χ1) is 14.6. The Bertz CT molecular complexity index is 1180. The number of sulfonamides is 1. The smallest absolute Gasteiger partial charge is 0.257 e. The average molecular weight is 463 g/mol. The molecule has 0 spiro atoms. The number of amides is 3. The van der Waals surface area contributed by atoms with Gasteiger partial charge in [-0.05, 0) is 37.6 Å². The molecule has 31 heavy (non-hydrogen) atoms. The summed E-state index contributed by atoms with van der Waals surface area (Å²) in [7, 11) is -3.77. The van der Waals surface area contributed by atoms with Crippen LogP contribution in [0.4, 0.5) is 5.69 Å². The van der Waals surface area contributed by atoms with E-state index in [0.29, 0.717) is 29.0 Å². The van der Waals surface area contributed by atoms with E-state index in [-0.39, 0.29) is 41.4 Å².